The molecule has 1 aromatic heterocycles. The fraction of sp³-hybridized carbons (Fsp3) is 0.250. The second kappa shape index (κ2) is 7.24. The van der Waals surface area contributed by atoms with E-state index in [1.165, 1.54) is 18.3 Å². The summed E-state index contributed by atoms with van der Waals surface area (Å²) in [5, 5.41) is 16.5. The third-order valence-electron chi connectivity index (χ3n) is 3.32. The summed E-state index contributed by atoms with van der Waals surface area (Å²) in [5.74, 6) is -2.04. The lowest BCUT2D eigenvalue weighted by Crippen LogP contribution is -2.42. The predicted octanol–water partition coefficient (Wildman–Crippen LogP) is 2.73. The molecule has 0 saturated heterocycles. The van der Waals surface area contributed by atoms with Gasteiger partial charge in [-0.05, 0) is 42.6 Å². The number of hydrogen-bond acceptors (Lipinski definition) is 4. The summed E-state index contributed by atoms with van der Waals surface area (Å²) in [7, 11) is 0. The molecule has 2 aromatic rings. The Morgan fingerprint density at radius 3 is 2.28 bits per heavy atom. The van der Waals surface area contributed by atoms with Gasteiger partial charge in [0.1, 0.15) is 5.60 Å². The standard InChI is InChI=1S/C16H15F3N2O3S/c1-15(24,12-3-2-8-25-12)9-20-13(22)14(23)21-11-6-4-10(5-7-11)16(17,18)19/h2-8,24H,9H2,1H3,(H,20,22)(H,21,23). The number of anilines is 1. The lowest BCUT2D eigenvalue weighted by molar-refractivity contribution is -0.137. The topological polar surface area (TPSA) is 78.4 Å². The molecule has 2 rings (SSSR count). The van der Waals surface area contributed by atoms with Crippen LogP contribution in [0.3, 0.4) is 0 Å². The zero-order valence-corrected chi connectivity index (χ0v) is 13.9. The van der Waals surface area contributed by atoms with Crippen LogP contribution in [0, 0.1) is 0 Å². The Morgan fingerprint density at radius 1 is 1.12 bits per heavy atom. The first kappa shape index (κ1) is 18.9. The molecule has 0 spiro atoms. The van der Waals surface area contributed by atoms with Crippen molar-refractivity contribution in [1.29, 1.82) is 0 Å². The fourth-order valence-corrected chi connectivity index (χ4v) is 2.72. The zero-order chi connectivity index (χ0) is 18.7. The van der Waals surface area contributed by atoms with Crippen molar-refractivity contribution in [3.05, 3.63) is 52.2 Å². The molecule has 9 heteroatoms. The number of rotatable bonds is 4. The first-order chi connectivity index (χ1) is 11.6. The van der Waals surface area contributed by atoms with Crippen molar-refractivity contribution in [1.82, 2.24) is 5.32 Å². The number of thiophene rings is 1. The lowest BCUT2D eigenvalue weighted by atomic mass is 10.1. The van der Waals surface area contributed by atoms with Gasteiger partial charge in [-0.1, -0.05) is 6.07 Å². The number of nitrogens with one attached hydrogen (secondary N) is 2. The van der Waals surface area contributed by atoms with E-state index in [0.29, 0.717) is 4.88 Å². The van der Waals surface area contributed by atoms with Crippen molar-refractivity contribution in [2.24, 2.45) is 0 Å². The molecule has 1 atom stereocenters. The Morgan fingerprint density at radius 2 is 1.76 bits per heavy atom. The molecule has 0 saturated carbocycles. The van der Waals surface area contributed by atoms with Crippen molar-refractivity contribution in [3.63, 3.8) is 0 Å². The molecular weight excluding hydrogens is 357 g/mol. The number of carbonyl (C=O) groups is 2. The highest BCUT2D eigenvalue weighted by Crippen LogP contribution is 2.29. The van der Waals surface area contributed by atoms with Gasteiger partial charge in [-0.15, -0.1) is 11.3 Å². The first-order valence-electron chi connectivity index (χ1n) is 7.12. The summed E-state index contributed by atoms with van der Waals surface area (Å²) in [6.07, 6.45) is -4.48. The summed E-state index contributed by atoms with van der Waals surface area (Å²) in [6, 6.07) is 7.14. The average molecular weight is 372 g/mol. The van der Waals surface area contributed by atoms with Crippen molar-refractivity contribution >= 4 is 28.8 Å². The molecule has 1 unspecified atom stereocenters. The summed E-state index contributed by atoms with van der Waals surface area (Å²) < 4.78 is 37.4. The van der Waals surface area contributed by atoms with E-state index in [2.05, 4.69) is 10.6 Å². The minimum atomic E-state index is -4.48. The molecule has 0 bridgehead atoms. The van der Waals surface area contributed by atoms with Crippen LogP contribution in [0.1, 0.15) is 17.4 Å². The minimum Gasteiger partial charge on any atom is -0.383 e. The van der Waals surface area contributed by atoms with Gasteiger partial charge < -0.3 is 15.7 Å². The summed E-state index contributed by atoms with van der Waals surface area (Å²) in [6.45, 7) is 1.31. The Hall–Kier alpha value is -2.39. The summed E-state index contributed by atoms with van der Waals surface area (Å²) >= 11 is 1.30. The molecule has 3 N–H and O–H groups in total. The van der Waals surface area contributed by atoms with E-state index in [4.69, 9.17) is 0 Å². The number of benzene rings is 1. The van der Waals surface area contributed by atoms with Crippen molar-refractivity contribution in [2.75, 3.05) is 11.9 Å². The number of carbonyl (C=O) groups excluding carboxylic acids is 2. The smallest absolute Gasteiger partial charge is 0.383 e. The molecule has 2 amide bonds. The zero-order valence-electron chi connectivity index (χ0n) is 13.1. The van der Waals surface area contributed by atoms with E-state index in [1.54, 1.807) is 17.5 Å². The van der Waals surface area contributed by atoms with Crippen LogP contribution in [0.15, 0.2) is 41.8 Å². The molecule has 0 aliphatic heterocycles. The minimum absolute atomic E-state index is 0.0539. The van der Waals surface area contributed by atoms with Gasteiger partial charge in [0.05, 0.1) is 12.1 Å². The number of amides is 2. The molecule has 0 radical (unpaired) electrons. The predicted molar refractivity (Wildman–Crippen MR) is 87.0 cm³/mol. The van der Waals surface area contributed by atoms with Crippen LogP contribution < -0.4 is 10.6 Å². The van der Waals surface area contributed by atoms with Crippen LogP contribution in [0.4, 0.5) is 18.9 Å². The van der Waals surface area contributed by atoms with Gasteiger partial charge in [-0.25, -0.2) is 0 Å². The highest BCUT2D eigenvalue weighted by atomic mass is 32.1. The third-order valence-corrected chi connectivity index (χ3v) is 4.44. The monoisotopic (exact) mass is 372 g/mol. The summed E-state index contributed by atoms with van der Waals surface area (Å²) in [4.78, 5) is 24.2. The molecule has 0 aliphatic carbocycles. The van der Waals surface area contributed by atoms with Gasteiger partial charge >= 0.3 is 18.0 Å². The molecule has 0 fully saturated rings. The van der Waals surface area contributed by atoms with Crippen LogP contribution in [0.5, 0.6) is 0 Å². The lowest BCUT2D eigenvalue weighted by Gasteiger charge is -2.22. The molecule has 134 valence electrons. The van der Waals surface area contributed by atoms with Gasteiger partial charge in [-0.3, -0.25) is 9.59 Å². The van der Waals surface area contributed by atoms with E-state index < -0.39 is 29.2 Å². The Kier molecular flexibility index (Phi) is 5.48. The first-order valence-corrected chi connectivity index (χ1v) is 8.00. The van der Waals surface area contributed by atoms with E-state index in [-0.39, 0.29) is 12.2 Å². The number of halogens is 3. The van der Waals surface area contributed by atoms with Crippen molar-refractivity contribution in [2.45, 2.75) is 18.7 Å². The molecule has 25 heavy (non-hydrogen) atoms. The highest BCUT2D eigenvalue weighted by molar-refractivity contribution is 7.10. The van der Waals surface area contributed by atoms with Gasteiger partial charge in [-0.2, -0.15) is 13.2 Å². The van der Waals surface area contributed by atoms with Gasteiger partial charge in [0.25, 0.3) is 0 Å². The normalized spacial score (nSPS) is 13.8. The van der Waals surface area contributed by atoms with E-state index in [9.17, 15) is 27.9 Å². The quantitative estimate of drug-likeness (QED) is 0.722. The van der Waals surface area contributed by atoms with Gasteiger partial charge in [0, 0.05) is 10.6 Å². The summed E-state index contributed by atoms with van der Waals surface area (Å²) in [5.41, 5.74) is -2.14. The number of aliphatic hydroxyl groups is 1. The average Bonchev–Trinajstić information content (AvgIpc) is 3.07. The fourth-order valence-electron chi connectivity index (χ4n) is 1.94. The van der Waals surface area contributed by atoms with Crippen LogP contribution in [-0.4, -0.2) is 23.5 Å². The van der Waals surface area contributed by atoms with Crippen molar-refractivity contribution < 1.29 is 27.9 Å². The molecule has 5 nitrogen and oxygen atoms in total. The molecule has 0 aliphatic rings. The molecule has 1 heterocycles. The highest BCUT2D eigenvalue weighted by Gasteiger charge is 2.30. The maximum absolute atomic E-state index is 12.5. The maximum Gasteiger partial charge on any atom is 0.416 e. The number of alkyl halides is 3. The Labute approximate surface area is 145 Å². The van der Waals surface area contributed by atoms with Crippen molar-refractivity contribution in [3.8, 4) is 0 Å². The third kappa shape index (κ3) is 5.04. The molecule has 1 aromatic carbocycles. The largest absolute Gasteiger partial charge is 0.416 e. The second-order valence-electron chi connectivity index (χ2n) is 5.46. The Bertz CT molecular complexity index is 741. The van der Waals surface area contributed by atoms with Crippen LogP contribution >= 0.6 is 11.3 Å². The molecular formula is C16H15F3N2O3S. The number of hydrogen-bond donors (Lipinski definition) is 3. The van der Waals surface area contributed by atoms with Crippen LogP contribution in [-0.2, 0) is 21.4 Å². The van der Waals surface area contributed by atoms with Gasteiger partial charge in [0.2, 0.25) is 0 Å². The SMILES string of the molecule is CC(O)(CNC(=O)C(=O)Nc1ccc(C(F)(F)F)cc1)c1cccs1. The van der Waals surface area contributed by atoms with Crippen LogP contribution in [0.2, 0.25) is 0 Å². The van der Waals surface area contributed by atoms with Crippen LogP contribution in [0.25, 0.3) is 0 Å². The van der Waals surface area contributed by atoms with E-state index in [0.717, 1.165) is 24.3 Å². The maximum atomic E-state index is 12.5. The second-order valence-corrected chi connectivity index (χ2v) is 6.41. The van der Waals surface area contributed by atoms with E-state index in [1.807, 2.05) is 0 Å². The van der Waals surface area contributed by atoms with Gasteiger partial charge in [0.15, 0.2) is 0 Å². The Balaban J connectivity index is 1.91. The van der Waals surface area contributed by atoms with E-state index >= 15 is 0 Å².